The van der Waals surface area contributed by atoms with Gasteiger partial charge in [-0.05, 0) is 46.5 Å². The predicted octanol–water partition coefficient (Wildman–Crippen LogP) is 3.35. The molecule has 0 saturated heterocycles. The van der Waals surface area contributed by atoms with Gasteiger partial charge in [-0.25, -0.2) is 0 Å². The molecule has 1 atom stereocenters. The lowest BCUT2D eigenvalue weighted by molar-refractivity contribution is 0.0956. The Morgan fingerprint density at radius 3 is 3.12 bits per heavy atom. The molecule has 1 aliphatic carbocycles. The van der Waals surface area contributed by atoms with E-state index in [1.807, 2.05) is 12.1 Å². The summed E-state index contributed by atoms with van der Waals surface area (Å²) in [5, 5.41) is 0. The van der Waals surface area contributed by atoms with Crippen molar-refractivity contribution >= 4 is 21.7 Å². The molecule has 0 N–H and O–H groups in total. The maximum atomic E-state index is 12.4. The second kappa shape index (κ2) is 4.11. The lowest BCUT2D eigenvalue weighted by Crippen LogP contribution is -2.11. The molecule has 4 heteroatoms. The molecule has 2 aromatic rings. The third kappa shape index (κ3) is 1.72. The summed E-state index contributed by atoms with van der Waals surface area (Å²) in [5.74, 6) is -0.0387. The van der Waals surface area contributed by atoms with Crippen LogP contribution in [0.25, 0.3) is 0 Å². The molecule has 0 bridgehead atoms. The Morgan fingerprint density at radius 2 is 2.35 bits per heavy atom. The molecular formula is C13H10BrNO2. The van der Waals surface area contributed by atoms with Gasteiger partial charge in [-0.15, -0.1) is 0 Å². The lowest BCUT2D eigenvalue weighted by atomic mass is 9.97. The zero-order valence-electron chi connectivity index (χ0n) is 9.02. The quantitative estimate of drug-likeness (QED) is 0.797. The summed E-state index contributed by atoms with van der Waals surface area (Å²) in [6.07, 6.45) is 5.03. The van der Waals surface area contributed by atoms with Crippen molar-refractivity contribution in [3.05, 3.63) is 52.1 Å². The fourth-order valence-electron chi connectivity index (χ4n) is 2.33. The molecule has 0 amide bonds. The summed E-state index contributed by atoms with van der Waals surface area (Å²) in [7, 11) is 0. The van der Waals surface area contributed by atoms with E-state index < -0.39 is 0 Å². The molecule has 0 radical (unpaired) electrons. The zero-order valence-corrected chi connectivity index (χ0v) is 10.6. The fourth-order valence-corrected chi connectivity index (χ4v) is 2.76. The van der Waals surface area contributed by atoms with Crippen molar-refractivity contribution in [2.45, 2.75) is 18.8 Å². The van der Waals surface area contributed by atoms with Gasteiger partial charge in [0, 0.05) is 6.20 Å². The summed E-state index contributed by atoms with van der Waals surface area (Å²) in [6, 6.07) is 5.66. The van der Waals surface area contributed by atoms with Crippen molar-refractivity contribution in [3.8, 4) is 0 Å². The third-order valence-corrected chi connectivity index (χ3v) is 3.77. The Morgan fingerprint density at radius 1 is 1.47 bits per heavy atom. The van der Waals surface area contributed by atoms with E-state index in [0.29, 0.717) is 10.2 Å². The fraction of sp³-hybridized carbons (Fsp3) is 0.231. The van der Waals surface area contributed by atoms with Gasteiger partial charge in [0.15, 0.2) is 10.5 Å². The molecule has 0 spiro atoms. The average Bonchev–Trinajstić information content (AvgIpc) is 2.94. The summed E-state index contributed by atoms with van der Waals surface area (Å²) >= 11 is 3.25. The van der Waals surface area contributed by atoms with Crippen LogP contribution >= 0.6 is 15.9 Å². The largest absolute Gasteiger partial charge is 0.457 e. The molecule has 3 nitrogen and oxygen atoms in total. The number of carbonyl (C=O) groups excluding carboxylic acids is 1. The molecule has 0 aliphatic heterocycles. The predicted molar refractivity (Wildman–Crippen MR) is 66.0 cm³/mol. The normalized spacial score (nSPS) is 18.1. The van der Waals surface area contributed by atoms with Crippen molar-refractivity contribution in [1.29, 1.82) is 0 Å². The van der Waals surface area contributed by atoms with E-state index in [-0.39, 0.29) is 11.7 Å². The average molecular weight is 292 g/mol. The maximum absolute atomic E-state index is 12.4. The van der Waals surface area contributed by atoms with Crippen molar-refractivity contribution in [3.63, 3.8) is 0 Å². The number of halogens is 1. The van der Waals surface area contributed by atoms with Crippen LogP contribution in [0.15, 0.2) is 39.7 Å². The number of aryl methyl sites for hydroxylation is 1. The highest BCUT2D eigenvalue weighted by Crippen LogP contribution is 2.35. The van der Waals surface area contributed by atoms with Crippen LogP contribution in [0.3, 0.4) is 0 Å². The van der Waals surface area contributed by atoms with Crippen LogP contribution in [-0.4, -0.2) is 10.8 Å². The van der Waals surface area contributed by atoms with Gasteiger partial charge in [-0.1, -0.05) is 6.07 Å². The second-order valence-corrected chi connectivity index (χ2v) is 4.83. The van der Waals surface area contributed by atoms with Crippen LogP contribution in [0.5, 0.6) is 0 Å². The van der Waals surface area contributed by atoms with E-state index in [4.69, 9.17) is 4.42 Å². The summed E-state index contributed by atoms with van der Waals surface area (Å²) in [4.78, 5) is 16.7. The zero-order chi connectivity index (χ0) is 11.8. The van der Waals surface area contributed by atoms with Crippen LogP contribution in [0.2, 0.25) is 0 Å². The second-order valence-electron chi connectivity index (χ2n) is 4.11. The van der Waals surface area contributed by atoms with Crippen LogP contribution in [-0.2, 0) is 6.42 Å². The third-order valence-electron chi connectivity index (χ3n) is 3.16. The van der Waals surface area contributed by atoms with Gasteiger partial charge in [0.05, 0.1) is 23.4 Å². The minimum absolute atomic E-state index is 0.0862. The van der Waals surface area contributed by atoms with Gasteiger partial charge < -0.3 is 4.42 Å². The monoisotopic (exact) mass is 291 g/mol. The first-order chi connectivity index (χ1) is 8.27. The van der Waals surface area contributed by atoms with E-state index in [1.54, 1.807) is 12.3 Å². The minimum atomic E-state index is -0.125. The smallest absolute Gasteiger partial charge is 0.179 e. The first-order valence-electron chi connectivity index (χ1n) is 5.48. The van der Waals surface area contributed by atoms with Gasteiger partial charge in [0.1, 0.15) is 0 Å². The standard InChI is InChI=1S/C13H10BrNO2/c14-13-10(5-7-17-13)12(16)9-4-3-8-2-1-6-15-11(8)9/h1-2,5-7,9H,3-4H2. The van der Waals surface area contributed by atoms with E-state index in [0.717, 1.165) is 18.5 Å². The molecule has 17 heavy (non-hydrogen) atoms. The summed E-state index contributed by atoms with van der Waals surface area (Å²) in [6.45, 7) is 0. The Bertz CT molecular complexity index is 576. The van der Waals surface area contributed by atoms with Gasteiger partial charge in [0.2, 0.25) is 0 Å². The van der Waals surface area contributed by atoms with Crippen molar-refractivity contribution < 1.29 is 9.21 Å². The molecule has 3 rings (SSSR count). The van der Waals surface area contributed by atoms with E-state index in [1.165, 1.54) is 11.8 Å². The van der Waals surface area contributed by atoms with Crippen molar-refractivity contribution in [1.82, 2.24) is 4.98 Å². The number of ketones is 1. The van der Waals surface area contributed by atoms with Crippen LogP contribution < -0.4 is 0 Å². The van der Waals surface area contributed by atoms with Gasteiger partial charge in [-0.2, -0.15) is 0 Å². The first-order valence-corrected chi connectivity index (χ1v) is 6.27. The number of Topliss-reactive ketones (excluding diaryl/α,β-unsaturated/α-hetero) is 1. The number of pyridine rings is 1. The molecule has 86 valence electrons. The number of fused-ring (bicyclic) bond motifs is 1. The highest BCUT2D eigenvalue weighted by Gasteiger charge is 2.31. The molecule has 2 heterocycles. The number of nitrogens with zero attached hydrogens (tertiary/aromatic N) is 1. The van der Waals surface area contributed by atoms with Gasteiger partial charge >= 0.3 is 0 Å². The number of hydrogen-bond acceptors (Lipinski definition) is 3. The summed E-state index contributed by atoms with van der Waals surface area (Å²) < 4.78 is 5.61. The molecule has 0 fully saturated rings. The SMILES string of the molecule is O=C(c1ccoc1Br)C1CCc2cccnc21. The van der Waals surface area contributed by atoms with E-state index in [2.05, 4.69) is 20.9 Å². The Hall–Kier alpha value is -1.42. The molecule has 1 unspecified atom stereocenters. The molecular weight excluding hydrogens is 282 g/mol. The van der Waals surface area contributed by atoms with Crippen molar-refractivity contribution in [2.75, 3.05) is 0 Å². The lowest BCUT2D eigenvalue weighted by Gasteiger charge is -2.07. The van der Waals surface area contributed by atoms with Crippen LogP contribution in [0, 0.1) is 0 Å². The minimum Gasteiger partial charge on any atom is -0.457 e. The van der Waals surface area contributed by atoms with Gasteiger partial charge in [-0.3, -0.25) is 9.78 Å². The topological polar surface area (TPSA) is 43.1 Å². The molecule has 0 saturated carbocycles. The highest BCUT2D eigenvalue weighted by atomic mass is 79.9. The molecule has 1 aliphatic rings. The molecule has 2 aromatic heterocycles. The summed E-state index contributed by atoms with van der Waals surface area (Å²) in [5.41, 5.74) is 2.71. The maximum Gasteiger partial charge on any atom is 0.179 e. The Balaban J connectivity index is 1.98. The number of hydrogen-bond donors (Lipinski definition) is 0. The number of furan rings is 1. The Labute approximate surface area is 107 Å². The van der Waals surface area contributed by atoms with Gasteiger partial charge in [0.25, 0.3) is 0 Å². The number of carbonyl (C=O) groups is 1. The molecule has 0 aromatic carbocycles. The van der Waals surface area contributed by atoms with E-state index >= 15 is 0 Å². The van der Waals surface area contributed by atoms with Crippen molar-refractivity contribution in [2.24, 2.45) is 0 Å². The van der Waals surface area contributed by atoms with Crippen LogP contribution in [0.1, 0.15) is 34.0 Å². The highest BCUT2D eigenvalue weighted by molar-refractivity contribution is 9.10. The van der Waals surface area contributed by atoms with E-state index in [9.17, 15) is 4.79 Å². The Kier molecular flexibility index (Phi) is 2.59. The number of rotatable bonds is 2. The number of aromatic nitrogens is 1. The van der Waals surface area contributed by atoms with Crippen LogP contribution in [0.4, 0.5) is 0 Å². The first kappa shape index (κ1) is 10.7.